The summed E-state index contributed by atoms with van der Waals surface area (Å²) in [5.74, 6) is 0.721. The van der Waals surface area contributed by atoms with Crippen LogP contribution in [-0.4, -0.2) is 20.4 Å². The zero-order valence-electron chi connectivity index (χ0n) is 16.2. The number of aryl methyl sites for hydroxylation is 3. The van der Waals surface area contributed by atoms with E-state index >= 15 is 0 Å². The van der Waals surface area contributed by atoms with Gasteiger partial charge in [0.15, 0.2) is 0 Å². The summed E-state index contributed by atoms with van der Waals surface area (Å²) in [7, 11) is 0. The van der Waals surface area contributed by atoms with Gasteiger partial charge in [-0.15, -0.1) is 0 Å². The minimum atomic E-state index is -0.0487. The number of carbonyl (C=O) groups is 1. The van der Waals surface area contributed by atoms with Crippen molar-refractivity contribution in [2.45, 2.75) is 33.6 Å². The standard InChI is InChI=1S/C22H22N4O2/c1-14-7-6-12-26-13-20(24-22(14)26)18-8-4-5-9-19(18)23-21(27)11-10-17-15(2)25-28-16(17)3/h4-9,12-13H,10-11H2,1-3H3,(H,23,27). The first kappa shape index (κ1) is 18.0. The highest BCUT2D eigenvalue weighted by Gasteiger charge is 2.14. The van der Waals surface area contributed by atoms with E-state index in [0.717, 1.165) is 45.2 Å². The summed E-state index contributed by atoms with van der Waals surface area (Å²) in [6.45, 7) is 5.80. The van der Waals surface area contributed by atoms with Crippen LogP contribution in [0.5, 0.6) is 0 Å². The van der Waals surface area contributed by atoms with Gasteiger partial charge in [-0.2, -0.15) is 0 Å². The van der Waals surface area contributed by atoms with Gasteiger partial charge in [0.25, 0.3) is 0 Å². The van der Waals surface area contributed by atoms with Crippen LogP contribution in [0.1, 0.15) is 29.0 Å². The Morgan fingerprint density at radius 2 is 1.96 bits per heavy atom. The first-order valence-electron chi connectivity index (χ1n) is 9.28. The zero-order valence-corrected chi connectivity index (χ0v) is 16.2. The fraction of sp³-hybridized carbons (Fsp3) is 0.227. The Hall–Kier alpha value is -3.41. The molecule has 0 atom stereocenters. The molecule has 0 aliphatic rings. The van der Waals surface area contributed by atoms with Gasteiger partial charge in [-0.3, -0.25) is 4.79 Å². The molecule has 0 aliphatic heterocycles. The topological polar surface area (TPSA) is 72.4 Å². The summed E-state index contributed by atoms with van der Waals surface area (Å²) in [5.41, 5.74) is 6.34. The molecule has 28 heavy (non-hydrogen) atoms. The number of carbonyl (C=O) groups excluding carboxylic acids is 1. The van der Waals surface area contributed by atoms with E-state index in [4.69, 9.17) is 9.51 Å². The van der Waals surface area contributed by atoms with E-state index in [1.807, 2.05) is 74.0 Å². The molecule has 0 fully saturated rings. The highest BCUT2D eigenvalue weighted by atomic mass is 16.5. The summed E-state index contributed by atoms with van der Waals surface area (Å²) in [5, 5.41) is 6.97. The number of pyridine rings is 1. The van der Waals surface area contributed by atoms with Crippen LogP contribution in [0.2, 0.25) is 0 Å². The summed E-state index contributed by atoms with van der Waals surface area (Å²) in [6, 6.07) is 11.8. The van der Waals surface area contributed by atoms with E-state index in [1.54, 1.807) is 0 Å². The van der Waals surface area contributed by atoms with Crippen LogP contribution in [0.4, 0.5) is 5.69 Å². The first-order valence-corrected chi connectivity index (χ1v) is 9.28. The van der Waals surface area contributed by atoms with E-state index in [1.165, 1.54) is 0 Å². The molecule has 1 aromatic carbocycles. The number of fused-ring (bicyclic) bond motifs is 1. The van der Waals surface area contributed by atoms with Gasteiger partial charge < -0.3 is 14.2 Å². The molecule has 142 valence electrons. The lowest BCUT2D eigenvalue weighted by molar-refractivity contribution is -0.116. The van der Waals surface area contributed by atoms with Crippen molar-refractivity contribution >= 4 is 17.2 Å². The molecule has 0 saturated carbocycles. The van der Waals surface area contributed by atoms with Gasteiger partial charge >= 0.3 is 0 Å². The Bertz CT molecular complexity index is 1140. The van der Waals surface area contributed by atoms with E-state index in [2.05, 4.69) is 10.5 Å². The monoisotopic (exact) mass is 374 g/mol. The van der Waals surface area contributed by atoms with Crippen molar-refractivity contribution in [2.24, 2.45) is 0 Å². The van der Waals surface area contributed by atoms with Gasteiger partial charge in [0.05, 0.1) is 17.1 Å². The molecule has 3 heterocycles. The third-order valence-electron chi connectivity index (χ3n) is 4.94. The quantitative estimate of drug-likeness (QED) is 0.559. The van der Waals surface area contributed by atoms with Crippen LogP contribution in [0.3, 0.4) is 0 Å². The molecule has 0 radical (unpaired) electrons. The molecule has 3 aromatic heterocycles. The van der Waals surface area contributed by atoms with Gasteiger partial charge in [-0.1, -0.05) is 29.4 Å². The van der Waals surface area contributed by atoms with Crippen molar-refractivity contribution in [1.29, 1.82) is 0 Å². The molecule has 1 N–H and O–H groups in total. The van der Waals surface area contributed by atoms with Crippen molar-refractivity contribution in [1.82, 2.24) is 14.5 Å². The third-order valence-corrected chi connectivity index (χ3v) is 4.94. The number of rotatable bonds is 5. The molecule has 4 rings (SSSR count). The second kappa shape index (κ2) is 7.31. The van der Waals surface area contributed by atoms with Crippen molar-refractivity contribution in [3.63, 3.8) is 0 Å². The van der Waals surface area contributed by atoms with Crippen LogP contribution in [0.25, 0.3) is 16.9 Å². The van der Waals surface area contributed by atoms with Crippen molar-refractivity contribution in [3.05, 3.63) is 71.4 Å². The largest absolute Gasteiger partial charge is 0.361 e. The number of imidazole rings is 1. The van der Waals surface area contributed by atoms with Crippen LogP contribution in [0, 0.1) is 20.8 Å². The Balaban J connectivity index is 1.55. The Kier molecular flexibility index (Phi) is 4.69. The highest BCUT2D eigenvalue weighted by molar-refractivity contribution is 5.95. The minimum Gasteiger partial charge on any atom is -0.361 e. The lowest BCUT2D eigenvalue weighted by Gasteiger charge is -2.09. The smallest absolute Gasteiger partial charge is 0.224 e. The van der Waals surface area contributed by atoms with E-state index < -0.39 is 0 Å². The van der Waals surface area contributed by atoms with Crippen LogP contribution in [0.15, 0.2) is 53.3 Å². The maximum absolute atomic E-state index is 12.6. The van der Waals surface area contributed by atoms with Gasteiger partial charge in [0.2, 0.25) is 5.91 Å². The zero-order chi connectivity index (χ0) is 19.7. The average molecular weight is 374 g/mol. The van der Waals surface area contributed by atoms with Crippen molar-refractivity contribution in [3.8, 4) is 11.3 Å². The number of amides is 1. The molecule has 6 heteroatoms. The molecule has 4 aromatic rings. The maximum Gasteiger partial charge on any atom is 0.224 e. The SMILES string of the molecule is Cc1noc(C)c1CCC(=O)Nc1ccccc1-c1cn2cccc(C)c2n1. The summed E-state index contributed by atoms with van der Waals surface area (Å²) in [4.78, 5) is 17.3. The summed E-state index contributed by atoms with van der Waals surface area (Å²) >= 11 is 0. The minimum absolute atomic E-state index is 0.0487. The first-order chi connectivity index (χ1) is 13.5. The number of hydrogen-bond acceptors (Lipinski definition) is 4. The average Bonchev–Trinajstić information content (AvgIpc) is 3.25. The van der Waals surface area contributed by atoms with Gasteiger partial charge in [-0.05, 0) is 44.9 Å². The number of hydrogen-bond donors (Lipinski definition) is 1. The number of nitrogens with one attached hydrogen (secondary N) is 1. The number of nitrogens with zero attached hydrogens (tertiary/aromatic N) is 3. The Morgan fingerprint density at radius 1 is 1.14 bits per heavy atom. The highest BCUT2D eigenvalue weighted by Crippen LogP contribution is 2.28. The van der Waals surface area contributed by atoms with Crippen LogP contribution >= 0.6 is 0 Å². The second-order valence-corrected chi connectivity index (χ2v) is 6.94. The van der Waals surface area contributed by atoms with Gasteiger partial charge in [0.1, 0.15) is 11.4 Å². The molecule has 0 unspecified atom stereocenters. The lowest BCUT2D eigenvalue weighted by Crippen LogP contribution is -2.13. The molecule has 1 amide bonds. The number of para-hydroxylation sites is 1. The molecular weight excluding hydrogens is 352 g/mol. The predicted octanol–water partition coefficient (Wildman–Crippen LogP) is 4.49. The van der Waals surface area contributed by atoms with Gasteiger partial charge in [-0.25, -0.2) is 4.98 Å². The third kappa shape index (κ3) is 3.41. The summed E-state index contributed by atoms with van der Waals surface area (Å²) in [6.07, 6.45) is 4.92. The maximum atomic E-state index is 12.6. The molecule has 0 spiro atoms. The van der Waals surface area contributed by atoms with E-state index in [-0.39, 0.29) is 5.91 Å². The fourth-order valence-corrected chi connectivity index (χ4v) is 3.41. The lowest BCUT2D eigenvalue weighted by atomic mass is 10.1. The second-order valence-electron chi connectivity index (χ2n) is 6.94. The van der Waals surface area contributed by atoms with E-state index in [9.17, 15) is 4.79 Å². The van der Waals surface area contributed by atoms with Crippen molar-refractivity contribution < 1.29 is 9.32 Å². The van der Waals surface area contributed by atoms with Crippen LogP contribution in [-0.2, 0) is 11.2 Å². The normalized spacial score (nSPS) is 11.1. The van der Waals surface area contributed by atoms with Gasteiger partial charge in [0, 0.05) is 29.9 Å². The van der Waals surface area contributed by atoms with E-state index in [0.29, 0.717) is 12.8 Å². The van der Waals surface area contributed by atoms with Crippen molar-refractivity contribution in [2.75, 3.05) is 5.32 Å². The molecule has 0 bridgehead atoms. The Labute approximate surface area is 163 Å². The Morgan fingerprint density at radius 3 is 2.71 bits per heavy atom. The number of benzene rings is 1. The summed E-state index contributed by atoms with van der Waals surface area (Å²) < 4.78 is 7.17. The number of aromatic nitrogens is 3. The molecular formula is C22H22N4O2. The molecule has 0 saturated heterocycles. The molecule has 6 nitrogen and oxygen atoms in total. The van der Waals surface area contributed by atoms with Crippen LogP contribution < -0.4 is 5.32 Å². The molecule has 0 aliphatic carbocycles. The number of anilines is 1. The fourth-order valence-electron chi connectivity index (χ4n) is 3.41. The predicted molar refractivity (Wildman–Crippen MR) is 108 cm³/mol.